The number of alkyl halides is 3. The summed E-state index contributed by atoms with van der Waals surface area (Å²) in [4.78, 5) is 3.47. The van der Waals surface area contributed by atoms with Gasteiger partial charge >= 0.3 is 6.18 Å². The Morgan fingerprint density at radius 2 is 1.63 bits per heavy atom. The summed E-state index contributed by atoms with van der Waals surface area (Å²) in [6.45, 7) is -0.401. The number of aromatic nitrogens is 3. The predicted octanol–water partition coefficient (Wildman–Crippen LogP) is 2.19. The first-order valence-electron chi connectivity index (χ1n) is 9.89. The smallest absolute Gasteiger partial charge is 0.368 e. The van der Waals surface area contributed by atoms with E-state index in [0.29, 0.717) is 0 Å². The van der Waals surface area contributed by atoms with Crippen LogP contribution in [-0.4, -0.2) is 60.5 Å². The summed E-state index contributed by atoms with van der Waals surface area (Å²) < 4.78 is 92.8. The number of hydrogen-bond donors (Lipinski definition) is 2. The number of sulfone groups is 1. The highest BCUT2D eigenvalue weighted by atomic mass is 35.5. The number of halogens is 4. The fourth-order valence-electron chi connectivity index (χ4n) is 3.64. The second-order valence-corrected chi connectivity index (χ2v) is 12.3. The lowest BCUT2D eigenvalue weighted by atomic mass is 9.98. The minimum absolute atomic E-state index is 0.0140. The molecule has 16 heteroatoms. The molecule has 0 saturated carbocycles. The van der Waals surface area contributed by atoms with Crippen LogP contribution >= 0.6 is 11.6 Å². The van der Waals surface area contributed by atoms with Crippen molar-refractivity contribution in [1.29, 1.82) is 0 Å². The molecule has 3 aromatic rings. The normalized spacial score (nSPS) is 16.9. The van der Waals surface area contributed by atoms with Crippen molar-refractivity contribution < 1.29 is 30.0 Å². The molecule has 0 atom stereocenters. The van der Waals surface area contributed by atoms with Gasteiger partial charge in [-0.3, -0.25) is 0 Å². The third kappa shape index (κ3) is 4.94. The molecule has 0 unspecified atom stereocenters. The van der Waals surface area contributed by atoms with Crippen molar-refractivity contribution in [3.63, 3.8) is 0 Å². The van der Waals surface area contributed by atoms with Gasteiger partial charge in [-0.15, -0.1) is 5.10 Å². The molecular weight excluding hydrogens is 533 g/mol. The Hall–Kier alpha value is -2.88. The van der Waals surface area contributed by atoms with E-state index in [9.17, 15) is 30.0 Å². The van der Waals surface area contributed by atoms with Crippen LogP contribution in [0.3, 0.4) is 0 Å². The Balaban J connectivity index is 1.74. The average Bonchev–Trinajstić information content (AvgIpc) is 3.10. The number of nitrogens with two attached hydrogens (primary N) is 2. The zero-order valence-corrected chi connectivity index (χ0v) is 20.1. The van der Waals surface area contributed by atoms with Crippen LogP contribution in [0.4, 0.5) is 25.1 Å². The molecule has 1 fully saturated rings. The topological polar surface area (TPSA) is 154 Å². The highest BCUT2D eigenvalue weighted by Crippen LogP contribution is 2.43. The molecule has 4 rings (SSSR count). The maximum atomic E-state index is 14.0. The van der Waals surface area contributed by atoms with Gasteiger partial charge in [0, 0.05) is 18.7 Å². The summed E-state index contributed by atoms with van der Waals surface area (Å²) in [5.41, 5.74) is 9.53. The third-order valence-electron chi connectivity index (χ3n) is 5.36. The van der Waals surface area contributed by atoms with E-state index in [-0.39, 0.29) is 63.2 Å². The van der Waals surface area contributed by atoms with Gasteiger partial charge in [0.15, 0.2) is 9.84 Å². The lowest BCUT2D eigenvalue weighted by Gasteiger charge is -2.26. The molecule has 0 radical (unpaired) electrons. The summed E-state index contributed by atoms with van der Waals surface area (Å²) in [6, 6.07) is 6.68. The van der Waals surface area contributed by atoms with Gasteiger partial charge in [0.05, 0.1) is 32.7 Å². The summed E-state index contributed by atoms with van der Waals surface area (Å²) in [7, 11) is -7.34. The molecule has 10 nitrogen and oxygen atoms in total. The predicted molar refractivity (Wildman–Crippen MR) is 123 cm³/mol. The Labute approximate surface area is 203 Å². The molecule has 0 aliphatic carbocycles. The van der Waals surface area contributed by atoms with E-state index in [2.05, 4.69) is 10.1 Å². The van der Waals surface area contributed by atoms with Gasteiger partial charge < -0.3 is 11.5 Å². The maximum Gasteiger partial charge on any atom is 0.417 e. The Morgan fingerprint density at radius 3 is 2.14 bits per heavy atom. The van der Waals surface area contributed by atoms with Crippen LogP contribution in [0.2, 0.25) is 5.02 Å². The molecule has 4 N–H and O–H groups in total. The van der Waals surface area contributed by atoms with Gasteiger partial charge in [-0.05, 0) is 29.8 Å². The molecule has 0 bridgehead atoms. The van der Waals surface area contributed by atoms with E-state index in [1.807, 2.05) is 0 Å². The molecule has 1 aromatic heterocycles. The second kappa shape index (κ2) is 8.65. The molecule has 1 aliphatic heterocycles. The Bertz CT molecular complexity index is 1490. The molecular formula is C19H18ClF3N6O4S2. The minimum Gasteiger partial charge on any atom is -0.368 e. The summed E-state index contributed by atoms with van der Waals surface area (Å²) in [5, 5.41) is 3.47. The highest BCUT2D eigenvalue weighted by Gasteiger charge is 2.36. The fraction of sp³-hybridized carbons (Fsp3) is 0.263. The van der Waals surface area contributed by atoms with Crippen molar-refractivity contribution >= 4 is 43.4 Å². The van der Waals surface area contributed by atoms with Crippen molar-refractivity contribution in [2.75, 3.05) is 36.1 Å². The monoisotopic (exact) mass is 550 g/mol. The minimum atomic E-state index is -4.83. The van der Waals surface area contributed by atoms with Crippen LogP contribution in [0.1, 0.15) is 5.56 Å². The van der Waals surface area contributed by atoms with Crippen molar-refractivity contribution in [2.24, 2.45) is 0 Å². The van der Waals surface area contributed by atoms with Crippen LogP contribution in [0.5, 0.6) is 0 Å². The summed E-state index contributed by atoms with van der Waals surface area (Å²) in [5.74, 6) is -1.08. The van der Waals surface area contributed by atoms with E-state index in [1.54, 1.807) is 0 Å². The van der Waals surface area contributed by atoms with E-state index in [0.717, 1.165) is 27.2 Å². The van der Waals surface area contributed by atoms with Crippen LogP contribution in [0, 0.1) is 0 Å². The van der Waals surface area contributed by atoms with Gasteiger partial charge in [-0.2, -0.15) is 27.1 Å². The second-order valence-electron chi connectivity index (χ2n) is 7.67. The number of nitrogens with zero attached hydrogens (tertiary/aromatic N) is 4. The fourth-order valence-corrected chi connectivity index (χ4v) is 6.84. The van der Waals surface area contributed by atoms with Gasteiger partial charge in [0.25, 0.3) is 0 Å². The molecule has 35 heavy (non-hydrogen) atoms. The van der Waals surface area contributed by atoms with Crippen molar-refractivity contribution in [1.82, 2.24) is 19.1 Å². The van der Waals surface area contributed by atoms with E-state index < -0.39 is 31.6 Å². The maximum absolute atomic E-state index is 14.0. The molecule has 2 aromatic carbocycles. The first kappa shape index (κ1) is 25.2. The van der Waals surface area contributed by atoms with E-state index in [4.69, 9.17) is 23.1 Å². The molecule has 2 heterocycles. The van der Waals surface area contributed by atoms with E-state index in [1.165, 1.54) is 18.2 Å². The first-order valence-corrected chi connectivity index (χ1v) is 13.5. The lowest BCUT2D eigenvalue weighted by Crippen LogP contribution is -2.43. The van der Waals surface area contributed by atoms with Crippen molar-refractivity contribution in [3.05, 3.63) is 47.0 Å². The summed E-state index contributed by atoms with van der Waals surface area (Å²) in [6.07, 6.45) is -4.83. The average molecular weight is 551 g/mol. The number of nitrogen functional groups attached to an aromatic ring is 2. The number of anilines is 2. The van der Waals surface area contributed by atoms with Gasteiger partial charge in [-0.25, -0.2) is 16.8 Å². The number of hydrogen-bond acceptors (Lipinski definition) is 8. The SMILES string of the molecule is Nc1nc(N)n(-c2cc(Cl)c(-c3ccc(S(=O)(=O)N4CCS(=O)(=O)CC4)cc3)c(C(F)(F)F)c2)n1. The molecule has 0 spiro atoms. The van der Waals surface area contributed by atoms with Gasteiger partial charge in [0.1, 0.15) is 0 Å². The highest BCUT2D eigenvalue weighted by molar-refractivity contribution is 7.92. The molecule has 1 aliphatic rings. The third-order valence-corrected chi connectivity index (χ3v) is 9.18. The Morgan fingerprint density at radius 1 is 1.03 bits per heavy atom. The van der Waals surface area contributed by atoms with Gasteiger partial charge in [0.2, 0.25) is 21.9 Å². The standard InChI is InChI=1S/C19H18ClF3N6O4S2/c20-15-10-12(29-18(25)26-17(24)27-29)9-14(19(21,22)23)16(15)11-1-3-13(4-2-11)35(32,33)28-5-7-34(30,31)8-6-28/h1-4,9-10H,5-8H2,(H4,24,25,26,27). The zero-order chi connectivity index (χ0) is 25.8. The van der Waals surface area contributed by atoms with Crippen LogP contribution < -0.4 is 11.5 Å². The van der Waals surface area contributed by atoms with Crippen molar-refractivity contribution in [3.8, 4) is 16.8 Å². The quantitative estimate of drug-likeness (QED) is 0.501. The number of rotatable bonds is 4. The molecule has 0 amide bonds. The van der Waals surface area contributed by atoms with Crippen LogP contribution in [0.15, 0.2) is 41.3 Å². The first-order chi connectivity index (χ1) is 16.2. The van der Waals surface area contributed by atoms with Crippen LogP contribution in [0.25, 0.3) is 16.8 Å². The van der Waals surface area contributed by atoms with Crippen molar-refractivity contribution in [2.45, 2.75) is 11.1 Å². The lowest BCUT2D eigenvalue weighted by molar-refractivity contribution is -0.137. The Kier molecular flexibility index (Phi) is 6.24. The molecule has 1 saturated heterocycles. The zero-order valence-electron chi connectivity index (χ0n) is 17.7. The summed E-state index contributed by atoms with van der Waals surface area (Å²) >= 11 is 6.25. The largest absolute Gasteiger partial charge is 0.417 e. The van der Waals surface area contributed by atoms with E-state index >= 15 is 0 Å². The van der Waals surface area contributed by atoms with Gasteiger partial charge in [-0.1, -0.05) is 23.7 Å². The number of benzene rings is 2. The van der Waals surface area contributed by atoms with Crippen LogP contribution in [-0.2, 0) is 26.0 Å². The number of sulfonamides is 1. The molecule has 188 valence electrons.